The molecule has 0 aliphatic carbocycles. The molecule has 0 saturated carbocycles. The maximum Gasteiger partial charge on any atom is 0.329 e. The van der Waals surface area contributed by atoms with Crippen LogP contribution in [0.3, 0.4) is 0 Å². The number of ether oxygens (including phenoxy) is 1. The van der Waals surface area contributed by atoms with Crippen LogP contribution < -0.4 is 0 Å². The molecule has 146 valence electrons. The number of fused-ring (bicyclic) bond motifs is 1. The summed E-state index contributed by atoms with van der Waals surface area (Å²) in [6.45, 7) is 0.477. The number of carbonyl (C=O) groups is 1. The second-order valence-corrected chi connectivity index (χ2v) is 8.40. The molecule has 0 amide bonds. The summed E-state index contributed by atoms with van der Waals surface area (Å²) >= 11 is 0. The van der Waals surface area contributed by atoms with Gasteiger partial charge in [-0.25, -0.2) is 9.18 Å². The molecule has 2 aromatic carbocycles. The van der Waals surface area contributed by atoms with Crippen LogP contribution in [0.5, 0.6) is 0 Å². The van der Waals surface area contributed by atoms with Gasteiger partial charge >= 0.3 is 5.97 Å². The van der Waals surface area contributed by atoms with Gasteiger partial charge in [-0.05, 0) is 49.1 Å². The van der Waals surface area contributed by atoms with E-state index in [1.54, 1.807) is 35.2 Å². The number of rotatable bonds is 3. The zero-order valence-electron chi connectivity index (χ0n) is 15.0. The third-order valence-corrected chi connectivity index (χ3v) is 6.25. The first-order valence-corrected chi connectivity index (χ1v) is 10.5. The Hall–Kier alpha value is -2.74. The van der Waals surface area contributed by atoms with Crippen molar-refractivity contribution in [2.24, 2.45) is 4.40 Å². The Morgan fingerprint density at radius 3 is 2.82 bits per heavy atom. The molecule has 2 aromatic rings. The van der Waals surface area contributed by atoms with E-state index in [2.05, 4.69) is 4.40 Å². The molecule has 2 heterocycles. The molecular formula is C20H19FN2O4S. The average Bonchev–Trinajstić information content (AvgIpc) is 2.97. The first-order valence-electron chi connectivity index (χ1n) is 9.08. The van der Waals surface area contributed by atoms with Crippen LogP contribution in [0.1, 0.15) is 30.4 Å². The summed E-state index contributed by atoms with van der Waals surface area (Å²) in [5.41, 5.74) is 1.06. The van der Waals surface area contributed by atoms with Gasteiger partial charge in [0.2, 0.25) is 0 Å². The number of halogens is 1. The predicted molar refractivity (Wildman–Crippen MR) is 101 cm³/mol. The zero-order chi connectivity index (χ0) is 19.7. The van der Waals surface area contributed by atoms with Crippen LogP contribution in [0.2, 0.25) is 0 Å². The number of hydrogen-bond donors (Lipinski definition) is 0. The third-order valence-electron chi connectivity index (χ3n) is 4.93. The van der Waals surface area contributed by atoms with Crippen molar-refractivity contribution < 1.29 is 22.3 Å². The van der Waals surface area contributed by atoms with Crippen molar-refractivity contribution in [3.63, 3.8) is 0 Å². The van der Waals surface area contributed by atoms with E-state index in [-0.39, 0.29) is 11.5 Å². The molecule has 28 heavy (non-hydrogen) atoms. The molecule has 0 aromatic heterocycles. The monoisotopic (exact) mass is 402 g/mol. The molecule has 2 aliphatic heterocycles. The fraction of sp³-hybridized carbons (Fsp3) is 0.300. The molecule has 0 N–H and O–H groups in total. The van der Waals surface area contributed by atoms with Crippen molar-refractivity contribution in [1.82, 2.24) is 4.90 Å². The molecule has 0 bridgehead atoms. The molecule has 1 saturated heterocycles. The predicted octanol–water partition coefficient (Wildman–Crippen LogP) is 2.87. The molecule has 8 heteroatoms. The molecular weight excluding hydrogens is 383 g/mol. The van der Waals surface area contributed by atoms with Crippen molar-refractivity contribution in [2.45, 2.75) is 36.8 Å². The molecule has 4 rings (SSSR count). The highest BCUT2D eigenvalue weighted by molar-refractivity contribution is 7.90. The highest BCUT2D eigenvalue weighted by Crippen LogP contribution is 2.31. The SMILES string of the molecule is O=C(OCc1cccc(F)c1)[C@H]1CCCCN1C1=NS(=O)(=O)c2ccccc21. The first-order chi connectivity index (χ1) is 13.5. The molecule has 1 atom stereocenters. The van der Waals surface area contributed by atoms with Crippen LogP contribution in [0.4, 0.5) is 4.39 Å². The van der Waals surface area contributed by atoms with E-state index in [0.29, 0.717) is 29.9 Å². The zero-order valence-corrected chi connectivity index (χ0v) is 15.9. The van der Waals surface area contributed by atoms with Gasteiger partial charge in [0.1, 0.15) is 23.4 Å². The van der Waals surface area contributed by atoms with E-state index in [1.807, 2.05) is 0 Å². The standard InChI is InChI=1S/C20H19FN2O4S/c21-15-7-5-6-14(12-15)13-27-20(24)17-9-3-4-11-23(17)19-16-8-1-2-10-18(16)28(25,26)22-19/h1-2,5-8,10,12,17H,3-4,9,11,13H2/t17-/m1/s1. The van der Waals surface area contributed by atoms with Gasteiger partial charge in [0.05, 0.1) is 0 Å². The number of piperidine rings is 1. The fourth-order valence-corrected chi connectivity index (χ4v) is 4.82. The highest BCUT2D eigenvalue weighted by atomic mass is 32.2. The van der Waals surface area contributed by atoms with Gasteiger partial charge in [0, 0.05) is 12.1 Å². The number of likely N-dealkylation sites (tertiary alicyclic amines) is 1. The van der Waals surface area contributed by atoms with Crippen molar-refractivity contribution in [2.75, 3.05) is 6.54 Å². The fourth-order valence-electron chi connectivity index (χ4n) is 3.60. The van der Waals surface area contributed by atoms with Crippen molar-refractivity contribution in [3.05, 3.63) is 65.5 Å². The van der Waals surface area contributed by atoms with E-state index < -0.39 is 27.9 Å². The Morgan fingerprint density at radius 2 is 2.00 bits per heavy atom. The second-order valence-electron chi connectivity index (χ2n) is 6.83. The van der Waals surface area contributed by atoms with Crippen LogP contribution >= 0.6 is 0 Å². The molecule has 1 fully saturated rings. The summed E-state index contributed by atoms with van der Waals surface area (Å²) in [6.07, 6.45) is 2.20. The number of esters is 1. The maximum atomic E-state index is 13.3. The largest absolute Gasteiger partial charge is 0.459 e. The second kappa shape index (κ2) is 7.35. The van der Waals surface area contributed by atoms with Gasteiger partial charge in [-0.1, -0.05) is 24.3 Å². The van der Waals surface area contributed by atoms with E-state index in [0.717, 1.165) is 12.8 Å². The van der Waals surface area contributed by atoms with Crippen LogP contribution in [-0.4, -0.2) is 37.7 Å². The third kappa shape index (κ3) is 3.52. The quantitative estimate of drug-likeness (QED) is 0.738. The smallest absolute Gasteiger partial charge is 0.329 e. The lowest BCUT2D eigenvalue weighted by atomic mass is 10.0. The topological polar surface area (TPSA) is 76.0 Å². The number of nitrogens with zero attached hydrogens (tertiary/aromatic N) is 2. The number of carbonyl (C=O) groups excluding carboxylic acids is 1. The minimum Gasteiger partial charge on any atom is -0.459 e. The van der Waals surface area contributed by atoms with Crippen molar-refractivity contribution in [3.8, 4) is 0 Å². The molecule has 0 radical (unpaired) electrons. The van der Waals surface area contributed by atoms with Gasteiger partial charge in [0.25, 0.3) is 10.0 Å². The van der Waals surface area contributed by atoms with Gasteiger partial charge < -0.3 is 9.64 Å². The Morgan fingerprint density at radius 1 is 1.18 bits per heavy atom. The minimum atomic E-state index is -3.76. The number of sulfonamides is 1. The minimum absolute atomic E-state index is 0.0394. The lowest BCUT2D eigenvalue weighted by Crippen LogP contribution is -2.48. The van der Waals surface area contributed by atoms with Crippen molar-refractivity contribution >= 4 is 21.8 Å². The Bertz CT molecular complexity index is 1050. The summed E-state index contributed by atoms with van der Waals surface area (Å²) in [6, 6.07) is 11.9. The molecule has 0 unspecified atom stereocenters. The molecule has 0 spiro atoms. The van der Waals surface area contributed by atoms with Crippen LogP contribution in [0.25, 0.3) is 0 Å². The number of benzene rings is 2. The summed E-state index contributed by atoms with van der Waals surface area (Å²) < 4.78 is 47.4. The Labute approximate surface area is 162 Å². The molecule has 6 nitrogen and oxygen atoms in total. The van der Waals surface area contributed by atoms with Crippen LogP contribution in [0.15, 0.2) is 57.8 Å². The Kier molecular flexibility index (Phi) is 4.89. The van der Waals surface area contributed by atoms with E-state index in [4.69, 9.17) is 4.74 Å². The van der Waals surface area contributed by atoms with Gasteiger partial charge in [-0.15, -0.1) is 4.40 Å². The molecule has 2 aliphatic rings. The van der Waals surface area contributed by atoms with Gasteiger partial charge in [-0.2, -0.15) is 8.42 Å². The van der Waals surface area contributed by atoms with Gasteiger partial charge in [-0.3, -0.25) is 0 Å². The van der Waals surface area contributed by atoms with Crippen LogP contribution in [-0.2, 0) is 26.2 Å². The van der Waals surface area contributed by atoms with E-state index >= 15 is 0 Å². The summed E-state index contributed by atoms with van der Waals surface area (Å²) in [7, 11) is -3.76. The summed E-state index contributed by atoms with van der Waals surface area (Å²) in [5, 5.41) is 0. The first kappa shape index (κ1) is 18.6. The van der Waals surface area contributed by atoms with Gasteiger partial charge in [0.15, 0.2) is 5.84 Å². The number of hydrogen-bond acceptors (Lipinski definition) is 5. The lowest BCUT2D eigenvalue weighted by Gasteiger charge is -2.35. The summed E-state index contributed by atoms with van der Waals surface area (Å²) in [5.74, 6) is -0.564. The van der Waals surface area contributed by atoms with E-state index in [9.17, 15) is 17.6 Å². The number of amidine groups is 1. The highest BCUT2D eigenvalue weighted by Gasteiger charge is 2.38. The normalized spacial score (nSPS) is 20.4. The van der Waals surface area contributed by atoms with Crippen LogP contribution in [0, 0.1) is 5.82 Å². The Balaban J connectivity index is 1.56. The van der Waals surface area contributed by atoms with Crippen molar-refractivity contribution in [1.29, 1.82) is 0 Å². The maximum absolute atomic E-state index is 13.3. The average molecular weight is 402 g/mol. The lowest BCUT2D eigenvalue weighted by molar-refractivity contribution is -0.150. The summed E-state index contributed by atoms with van der Waals surface area (Å²) in [4.78, 5) is 14.6. The van der Waals surface area contributed by atoms with E-state index in [1.165, 1.54) is 18.2 Å².